The molecule has 0 aliphatic heterocycles. The molecule has 2 rings (SSSR count). The molecule has 0 heterocycles. The van der Waals surface area contributed by atoms with E-state index in [4.69, 9.17) is 0 Å². The summed E-state index contributed by atoms with van der Waals surface area (Å²) in [5, 5.41) is 3.66. The summed E-state index contributed by atoms with van der Waals surface area (Å²) >= 11 is 0. The zero-order chi connectivity index (χ0) is 15.3. The lowest BCUT2D eigenvalue weighted by atomic mass is 9.71. The summed E-state index contributed by atoms with van der Waals surface area (Å²) in [4.78, 5) is 0. The van der Waals surface area contributed by atoms with E-state index in [0.717, 1.165) is 24.9 Å². The molecule has 3 atom stereocenters. The third-order valence-electron chi connectivity index (χ3n) is 5.43. The summed E-state index contributed by atoms with van der Waals surface area (Å²) < 4.78 is 23.6. The molecule has 1 N–H and O–H groups in total. The first-order valence-corrected chi connectivity index (χ1v) is 10.8. The molecular formula is C17H33NO2S. The van der Waals surface area contributed by atoms with Gasteiger partial charge in [0.1, 0.15) is 9.84 Å². The predicted octanol–water partition coefficient (Wildman–Crippen LogP) is 3.40. The Kier molecular flexibility index (Phi) is 6.54. The van der Waals surface area contributed by atoms with Crippen LogP contribution in [0.3, 0.4) is 0 Å². The van der Waals surface area contributed by atoms with Crippen molar-refractivity contribution in [3.8, 4) is 0 Å². The van der Waals surface area contributed by atoms with Gasteiger partial charge in [0.25, 0.3) is 0 Å². The molecule has 0 aromatic carbocycles. The van der Waals surface area contributed by atoms with Crippen molar-refractivity contribution in [3.05, 3.63) is 0 Å². The van der Waals surface area contributed by atoms with Crippen LogP contribution < -0.4 is 5.32 Å². The van der Waals surface area contributed by atoms with Crippen molar-refractivity contribution < 1.29 is 8.42 Å². The van der Waals surface area contributed by atoms with Crippen LogP contribution in [0.5, 0.6) is 0 Å². The maximum absolute atomic E-state index is 11.8. The first kappa shape index (κ1) is 17.3. The molecule has 0 amide bonds. The van der Waals surface area contributed by atoms with Crippen molar-refractivity contribution in [2.45, 2.75) is 71.3 Å². The fourth-order valence-corrected chi connectivity index (χ4v) is 4.75. The lowest BCUT2D eigenvalue weighted by molar-refractivity contribution is 0.164. The highest BCUT2D eigenvalue weighted by molar-refractivity contribution is 7.91. The van der Waals surface area contributed by atoms with Gasteiger partial charge in [-0.05, 0) is 56.4 Å². The standard InChI is InChI=1S/C17H33NO2S/c1-3-5-14-6-7-16(13-18-17-8-9-17)15(12-14)10-11-21(19,20)4-2/h14-18H,3-13H2,1-2H3. The first-order valence-electron chi connectivity index (χ1n) is 8.97. The van der Waals surface area contributed by atoms with Crippen LogP contribution in [0.4, 0.5) is 0 Å². The summed E-state index contributed by atoms with van der Waals surface area (Å²) in [5.74, 6) is 2.84. The van der Waals surface area contributed by atoms with E-state index in [0.29, 0.717) is 23.3 Å². The van der Waals surface area contributed by atoms with Gasteiger partial charge in [0.15, 0.2) is 0 Å². The molecule has 0 spiro atoms. The minimum absolute atomic E-state index is 0.295. The van der Waals surface area contributed by atoms with E-state index in [1.165, 1.54) is 44.9 Å². The number of sulfone groups is 1. The zero-order valence-corrected chi connectivity index (χ0v) is 14.6. The quantitative estimate of drug-likeness (QED) is 0.709. The molecule has 3 nitrogen and oxygen atoms in total. The van der Waals surface area contributed by atoms with Crippen molar-refractivity contribution >= 4 is 9.84 Å². The molecule has 2 saturated carbocycles. The van der Waals surface area contributed by atoms with Gasteiger partial charge < -0.3 is 5.32 Å². The van der Waals surface area contributed by atoms with Crippen LogP contribution in [0.2, 0.25) is 0 Å². The van der Waals surface area contributed by atoms with E-state index < -0.39 is 9.84 Å². The van der Waals surface area contributed by atoms with Gasteiger partial charge in [-0.1, -0.05) is 33.1 Å². The predicted molar refractivity (Wildman–Crippen MR) is 89.2 cm³/mol. The van der Waals surface area contributed by atoms with E-state index in [-0.39, 0.29) is 0 Å². The Morgan fingerprint density at radius 3 is 2.38 bits per heavy atom. The Balaban J connectivity index is 1.87. The van der Waals surface area contributed by atoms with Crippen LogP contribution in [0, 0.1) is 17.8 Å². The van der Waals surface area contributed by atoms with Crippen LogP contribution in [-0.4, -0.2) is 32.5 Å². The highest BCUT2D eigenvalue weighted by Crippen LogP contribution is 2.38. The van der Waals surface area contributed by atoms with Gasteiger partial charge in [0.05, 0.1) is 5.75 Å². The summed E-state index contributed by atoms with van der Waals surface area (Å²) in [5.41, 5.74) is 0. The second-order valence-corrected chi connectivity index (χ2v) is 9.67. The van der Waals surface area contributed by atoms with Crippen molar-refractivity contribution in [2.75, 3.05) is 18.1 Å². The van der Waals surface area contributed by atoms with Gasteiger partial charge in [-0.25, -0.2) is 8.42 Å². The van der Waals surface area contributed by atoms with Crippen LogP contribution in [0.15, 0.2) is 0 Å². The van der Waals surface area contributed by atoms with Crippen LogP contribution >= 0.6 is 0 Å². The molecule has 3 unspecified atom stereocenters. The lowest BCUT2D eigenvalue weighted by Gasteiger charge is -2.36. The largest absolute Gasteiger partial charge is 0.314 e. The summed E-state index contributed by atoms with van der Waals surface area (Å²) in [6.07, 6.45) is 10.0. The second kappa shape index (κ2) is 7.96. The van der Waals surface area contributed by atoms with Gasteiger partial charge in [-0.3, -0.25) is 0 Å². The van der Waals surface area contributed by atoms with Crippen LogP contribution in [0.1, 0.15) is 65.2 Å². The van der Waals surface area contributed by atoms with E-state index in [1.54, 1.807) is 6.92 Å². The number of rotatable bonds is 9. The van der Waals surface area contributed by atoms with Gasteiger partial charge >= 0.3 is 0 Å². The number of hydrogen-bond acceptors (Lipinski definition) is 3. The van der Waals surface area contributed by atoms with Crippen molar-refractivity contribution in [1.82, 2.24) is 5.32 Å². The lowest BCUT2D eigenvalue weighted by Crippen LogP contribution is -2.35. The Hall–Kier alpha value is -0.0900. The van der Waals surface area contributed by atoms with Crippen molar-refractivity contribution in [1.29, 1.82) is 0 Å². The van der Waals surface area contributed by atoms with Gasteiger partial charge in [-0.2, -0.15) is 0 Å². The van der Waals surface area contributed by atoms with Crippen LogP contribution in [-0.2, 0) is 9.84 Å². The topological polar surface area (TPSA) is 46.2 Å². The van der Waals surface area contributed by atoms with Gasteiger partial charge in [0.2, 0.25) is 0 Å². The SMILES string of the molecule is CCCC1CCC(CNC2CC2)C(CCS(=O)(=O)CC)C1. The van der Waals surface area contributed by atoms with Crippen molar-refractivity contribution in [3.63, 3.8) is 0 Å². The van der Waals surface area contributed by atoms with E-state index >= 15 is 0 Å². The molecule has 124 valence electrons. The number of nitrogens with one attached hydrogen (secondary N) is 1. The highest BCUT2D eigenvalue weighted by Gasteiger charge is 2.32. The van der Waals surface area contributed by atoms with Gasteiger partial charge in [-0.15, -0.1) is 0 Å². The molecule has 21 heavy (non-hydrogen) atoms. The van der Waals surface area contributed by atoms with Gasteiger partial charge in [0, 0.05) is 11.8 Å². The monoisotopic (exact) mass is 315 g/mol. The molecule has 0 radical (unpaired) electrons. The Morgan fingerprint density at radius 2 is 1.76 bits per heavy atom. The highest BCUT2D eigenvalue weighted by atomic mass is 32.2. The summed E-state index contributed by atoms with van der Waals surface area (Å²) in [6.45, 7) is 5.14. The Morgan fingerprint density at radius 1 is 1.00 bits per heavy atom. The smallest absolute Gasteiger partial charge is 0.150 e. The summed E-state index contributed by atoms with van der Waals surface area (Å²) in [7, 11) is -2.81. The zero-order valence-electron chi connectivity index (χ0n) is 13.8. The van der Waals surface area contributed by atoms with Crippen molar-refractivity contribution in [2.24, 2.45) is 17.8 Å². The first-order chi connectivity index (χ1) is 10.0. The van der Waals surface area contributed by atoms with E-state index in [1.807, 2.05) is 0 Å². The normalized spacial score (nSPS) is 30.5. The van der Waals surface area contributed by atoms with E-state index in [2.05, 4.69) is 12.2 Å². The minimum Gasteiger partial charge on any atom is -0.314 e. The second-order valence-electron chi connectivity index (χ2n) is 7.20. The maximum atomic E-state index is 11.8. The molecular weight excluding hydrogens is 282 g/mol. The fraction of sp³-hybridized carbons (Fsp3) is 1.00. The van der Waals surface area contributed by atoms with E-state index in [9.17, 15) is 8.42 Å². The minimum atomic E-state index is -2.81. The average Bonchev–Trinajstić information content (AvgIpc) is 3.29. The molecule has 2 aliphatic carbocycles. The Bertz CT molecular complexity index is 403. The molecule has 0 aromatic rings. The summed E-state index contributed by atoms with van der Waals surface area (Å²) in [6, 6.07) is 0.762. The maximum Gasteiger partial charge on any atom is 0.150 e. The fourth-order valence-electron chi connectivity index (χ4n) is 3.80. The molecule has 4 heteroatoms. The molecule has 2 aliphatic rings. The molecule has 0 aromatic heterocycles. The average molecular weight is 316 g/mol. The molecule has 0 bridgehead atoms. The molecule has 0 saturated heterocycles. The number of hydrogen-bond donors (Lipinski definition) is 1. The third kappa shape index (κ3) is 5.90. The molecule has 2 fully saturated rings. The van der Waals surface area contributed by atoms with Crippen LogP contribution in [0.25, 0.3) is 0 Å². The third-order valence-corrected chi connectivity index (χ3v) is 7.17. The Labute approximate surface area is 131 Å².